The van der Waals surface area contributed by atoms with Crippen LogP contribution >= 0.6 is 0 Å². The zero-order valence-corrected chi connectivity index (χ0v) is 10.4. The molecule has 0 spiro atoms. The summed E-state index contributed by atoms with van der Waals surface area (Å²) in [7, 11) is 0. The Morgan fingerprint density at radius 2 is 1.67 bits per heavy atom. The van der Waals surface area contributed by atoms with Crippen LogP contribution in [0.2, 0.25) is 0 Å². The maximum atomic E-state index is 12.9. The van der Waals surface area contributed by atoms with Crippen LogP contribution in [0.15, 0.2) is 36.4 Å². The van der Waals surface area contributed by atoms with Gasteiger partial charge < -0.3 is 10.8 Å². The lowest BCUT2D eigenvalue weighted by atomic mass is 10.0. The summed E-state index contributed by atoms with van der Waals surface area (Å²) < 4.78 is 38.6. The molecule has 2 rings (SSSR count). The number of alkyl halides is 3. The molecule has 8 heteroatoms. The van der Waals surface area contributed by atoms with Gasteiger partial charge >= 0.3 is 6.18 Å². The molecule has 0 heterocycles. The maximum Gasteiger partial charge on any atom is 0.423 e. The molecule has 0 aliphatic heterocycles. The summed E-state index contributed by atoms with van der Waals surface area (Å²) in [6.07, 6.45) is -4.85. The molecule has 0 fully saturated rings. The van der Waals surface area contributed by atoms with Crippen molar-refractivity contribution in [3.8, 4) is 16.9 Å². The van der Waals surface area contributed by atoms with Gasteiger partial charge in [0.25, 0.3) is 5.69 Å². The van der Waals surface area contributed by atoms with Crippen molar-refractivity contribution in [2.75, 3.05) is 5.73 Å². The number of nitrogen functional groups attached to an aromatic ring is 1. The highest BCUT2D eigenvalue weighted by Gasteiger charge is 2.38. The molecule has 0 aliphatic rings. The third kappa shape index (κ3) is 2.88. The molecule has 0 radical (unpaired) electrons. The molecule has 110 valence electrons. The van der Waals surface area contributed by atoms with Crippen LogP contribution in [-0.4, -0.2) is 10.0 Å². The fourth-order valence-electron chi connectivity index (χ4n) is 1.84. The van der Waals surface area contributed by atoms with E-state index in [1.807, 2.05) is 0 Å². The minimum absolute atomic E-state index is 0.000545. The highest BCUT2D eigenvalue weighted by atomic mass is 19.4. The molecule has 0 aromatic heterocycles. The van der Waals surface area contributed by atoms with Crippen LogP contribution < -0.4 is 5.73 Å². The second kappa shape index (κ2) is 4.97. The first-order valence-electron chi connectivity index (χ1n) is 5.64. The number of rotatable bonds is 2. The lowest BCUT2D eigenvalue weighted by Crippen LogP contribution is -2.09. The van der Waals surface area contributed by atoms with Crippen molar-refractivity contribution in [2.45, 2.75) is 6.18 Å². The fourth-order valence-corrected chi connectivity index (χ4v) is 1.84. The normalized spacial score (nSPS) is 11.4. The lowest BCUT2D eigenvalue weighted by Gasteiger charge is -2.10. The van der Waals surface area contributed by atoms with E-state index in [1.165, 1.54) is 24.3 Å². The van der Waals surface area contributed by atoms with Crippen molar-refractivity contribution < 1.29 is 23.2 Å². The summed E-state index contributed by atoms with van der Waals surface area (Å²) in [6, 6.07) is 6.56. The molecule has 0 aliphatic carbocycles. The average molecular weight is 298 g/mol. The van der Waals surface area contributed by atoms with Crippen molar-refractivity contribution in [1.29, 1.82) is 0 Å². The van der Waals surface area contributed by atoms with E-state index in [0.717, 1.165) is 6.07 Å². The smallest absolute Gasteiger partial charge is 0.423 e. The number of benzene rings is 2. The number of nitrogens with zero attached hydrogens (tertiary/aromatic N) is 1. The third-order valence-electron chi connectivity index (χ3n) is 2.86. The number of anilines is 1. The van der Waals surface area contributed by atoms with Gasteiger partial charge in [0.2, 0.25) is 0 Å². The Bertz CT molecular complexity index is 714. The second-order valence-electron chi connectivity index (χ2n) is 4.26. The van der Waals surface area contributed by atoms with E-state index in [4.69, 9.17) is 5.73 Å². The monoisotopic (exact) mass is 298 g/mol. The van der Waals surface area contributed by atoms with Crippen molar-refractivity contribution in [3.05, 3.63) is 52.1 Å². The first-order chi connectivity index (χ1) is 9.70. The summed E-state index contributed by atoms with van der Waals surface area (Å²) in [6.45, 7) is 0. The van der Waals surface area contributed by atoms with Crippen LogP contribution in [0.3, 0.4) is 0 Å². The molecule has 0 saturated heterocycles. The van der Waals surface area contributed by atoms with Gasteiger partial charge in [0.15, 0.2) is 0 Å². The molecule has 0 saturated carbocycles. The maximum absolute atomic E-state index is 12.9. The van der Waals surface area contributed by atoms with Gasteiger partial charge in [-0.2, -0.15) is 13.2 Å². The van der Waals surface area contributed by atoms with Crippen LogP contribution in [-0.2, 0) is 6.18 Å². The van der Waals surface area contributed by atoms with Gasteiger partial charge in [0.05, 0.1) is 10.6 Å². The molecule has 5 nitrogen and oxygen atoms in total. The van der Waals surface area contributed by atoms with E-state index in [1.54, 1.807) is 0 Å². The number of nitrogens with two attached hydrogens (primary N) is 1. The summed E-state index contributed by atoms with van der Waals surface area (Å²) in [5.41, 5.74) is 3.55. The summed E-state index contributed by atoms with van der Waals surface area (Å²) in [4.78, 5) is 9.58. The van der Waals surface area contributed by atoms with Crippen LogP contribution in [0.5, 0.6) is 5.75 Å². The largest absolute Gasteiger partial charge is 0.506 e. The number of hydrogen-bond acceptors (Lipinski definition) is 4. The van der Waals surface area contributed by atoms with Gasteiger partial charge in [-0.25, -0.2) is 0 Å². The highest BCUT2D eigenvalue weighted by molar-refractivity contribution is 5.72. The van der Waals surface area contributed by atoms with E-state index >= 15 is 0 Å². The standard InChI is InChI=1S/C13H9F3N2O3/c14-13(15,16)9-5-7(1-3-11(9)18(20)21)8-2-4-12(19)10(17)6-8/h1-6,19H,17H2. The number of phenols is 1. The molecule has 0 atom stereocenters. The van der Waals surface area contributed by atoms with E-state index in [9.17, 15) is 28.4 Å². The number of nitro benzene ring substituents is 1. The Morgan fingerprint density at radius 3 is 2.19 bits per heavy atom. The predicted octanol–water partition coefficient (Wildman–Crippen LogP) is 3.57. The number of hydrogen-bond donors (Lipinski definition) is 2. The molecule has 0 bridgehead atoms. The molecule has 0 amide bonds. The van der Waals surface area contributed by atoms with Crippen LogP contribution in [0.25, 0.3) is 11.1 Å². The number of phenolic OH excluding ortho intramolecular Hbond substituents is 1. The third-order valence-corrected chi connectivity index (χ3v) is 2.86. The van der Waals surface area contributed by atoms with E-state index < -0.39 is 22.4 Å². The van der Waals surface area contributed by atoms with E-state index in [2.05, 4.69) is 0 Å². The first kappa shape index (κ1) is 14.6. The van der Waals surface area contributed by atoms with E-state index in [-0.39, 0.29) is 17.0 Å². The van der Waals surface area contributed by atoms with Gasteiger partial charge in [-0.05, 0) is 35.4 Å². The Labute approximate surface area is 116 Å². The minimum atomic E-state index is -4.85. The molecular weight excluding hydrogens is 289 g/mol. The second-order valence-corrected chi connectivity index (χ2v) is 4.26. The molecule has 3 N–H and O–H groups in total. The van der Waals surface area contributed by atoms with Crippen molar-refractivity contribution in [3.63, 3.8) is 0 Å². The van der Waals surface area contributed by atoms with Gasteiger partial charge in [0.1, 0.15) is 11.3 Å². The number of halogens is 3. The average Bonchev–Trinajstić information content (AvgIpc) is 2.40. The van der Waals surface area contributed by atoms with Crippen molar-refractivity contribution in [1.82, 2.24) is 0 Å². The molecule has 2 aromatic rings. The summed E-state index contributed by atoms with van der Waals surface area (Å²) in [5, 5.41) is 20.0. The predicted molar refractivity (Wildman–Crippen MR) is 69.6 cm³/mol. The lowest BCUT2D eigenvalue weighted by molar-refractivity contribution is -0.388. The van der Waals surface area contributed by atoms with E-state index in [0.29, 0.717) is 11.6 Å². The topological polar surface area (TPSA) is 89.4 Å². The quantitative estimate of drug-likeness (QED) is 0.384. The van der Waals surface area contributed by atoms with Crippen LogP contribution in [0.1, 0.15) is 5.56 Å². The molecule has 2 aromatic carbocycles. The Morgan fingerprint density at radius 1 is 1.10 bits per heavy atom. The highest BCUT2D eigenvalue weighted by Crippen LogP contribution is 2.39. The van der Waals surface area contributed by atoms with Crippen LogP contribution in [0, 0.1) is 10.1 Å². The van der Waals surface area contributed by atoms with Gasteiger partial charge in [-0.15, -0.1) is 0 Å². The fraction of sp³-hybridized carbons (Fsp3) is 0.0769. The first-order valence-corrected chi connectivity index (χ1v) is 5.64. The Balaban J connectivity index is 2.61. The molecular formula is C13H9F3N2O3. The van der Waals surface area contributed by atoms with Gasteiger partial charge in [-0.3, -0.25) is 10.1 Å². The number of nitro groups is 1. The Kier molecular flexibility index (Phi) is 3.46. The van der Waals surface area contributed by atoms with Gasteiger partial charge in [0, 0.05) is 6.07 Å². The number of aromatic hydroxyl groups is 1. The zero-order chi connectivity index (χ0) is 15.8. The van der Waals surface area contributed by atoms with Crippen molar-refractivity contribution >= 4 is 11.4 Å². The summed E-state index contributed by atoms with van der Waals surface area (Å²) in [5.74, 6) is -0.197. The van der Waals surface area contributed by atoms with Crippen molar-refractivity contribution in [2.24, 2.45) is 0 Å². The van der Waals surface area contributed by atoms with Gasteiger partial charge in [-0.1, -0.05) is 6.07 Å². The molecule has 21 heavy (non-hydrogen) atoms. The van der Waals surface area contributed by atoms with Crippen LogP contribution in [0.4, 0.5) is 24.5 Å². The zero-order valence-electron chi connectivity index (χ0n) is 10.4. The Hall–Kier alpha value is -2.77. The SMILES string of the molecule is Nc1cc(-c2ccc([N+](=O)[O-])c(C(F)(F)F)c2)ccc1O. The minimum Gasteiger partial charge on any atom is -0.506 e. The molecule has 0 unspecified atom stereocenters. The summed E-state index contributed by atoms with van der Waals surface area (Å²) >= 11 is 0.